The molecular formula is C37H32O5. The Labute approximate surface area is 245 Å². The van der Waals surface area contributed by atoms with E-state index in [0.717, 1.165) is 33.0 Å². The number of hydrogen-bond donors (Lipinski definition) is 0. The summed E-state index contributed by atoms with van der Waals surface area (Å²) in [4.78, 5) is 24.9. The zero-order chi connectivity index (χ0) is 28.9. The van der Waals surface area contributed by atoms with E-state index in [9.17, 15) is 9.59 Å². The van der Waals surface area contributed by atoms with E-state index in [4.69, 9.17) is 14.2 Å². The summed E-state index contributed by atoms with van der Waals surface area (Å²) < 4.78 is 17.5. The van der Waals surface area contributed by atoms with Crippen molar-refractivity contribution in [3.05, 3.63) is 155 Å². The molecule has 0 aromatic heterocycles. The molecule has 0 amide bonds. The molecule has 5 nitrogen and oxygen atoms in total. The lowest BCUT2D eigenvalue weighted by Gasteiger charge is -2.40. The van der Waals surface area contributed by atoms with Crippen LogP contribution < -0.4 is 0 Å². The number of esters is 2. The standard InChI is InChI=1S/C37H32O5/c1-40-35(38)28-21-20-26-12-11-13-27(32(26)24-28)22-23-34-33(36(39)42-34)25-41-37(29-14-5-2-6-15-29,30-16-7-3-8-17-30)31-18-9-4-10-19-31/h2-21,24,33-34H,22-23,25H2,1H3/t33-,34-/m0/s1. The van der Waals surface area contributed by atoms with E-state index in [1.54, 1.807) is 6.07 Å². The molecule has 5 aromatic carbocycles. The first-order valence-electron chi connectivity index (χ1n) is 14.2. The normalized spacial score (nSPS) is 16.5. The molecule has 0 N–H and O–H groups in total. The van der Waals surface area contributed by atoms with Gasteiger partial charge in [0.05, 0.1) is 19.3 Å². The van der Waals surface area contributed by atoms with Gasteiger partial charge in [-0.15, -0.1) is 0 Å². The maximum Gasteiger partial charge on any atom is 0.337 e. The Bertz CT molecular complexity index is 1580. The number of methoxy groups -OCH3 is 1. The van der Waals surface area contributed by atoms with Crippen LogP contribution in [0.25, 0.3) is 10.8 Å². The summed E-state index contributed by atoms with van der Waals surface area (Å²) in [7, 11) is 1.38. The first kappa shape index (κ1) is 27.4. The van der Waals surface area contributed by atoms with Crippen molar-refractivity contribution >= 4 is 22.7 Å². The number of cyclic esters (lactones) is 1. The predicted molar refractivity (Wildman–Crippen MR) is 162 cm³/mol. The molecule has 5 heteroatoms. The summed E-state index contributed by atoms with van der Waals surface area (Å²) >= 11 is 0. The Morgan fingerprint density at radius 2 is 1.36 bits per heavy atom. The van der Waals surface area contributed by atoms with Gasteiger partial charge in [-0.25, -0.2) is 4.79 Å². The summed E-state index contributed by atoms with van der Waals surface area (Å²) in [6, 6.07) is 42.1. The molecule has 1 aliphatic rings. The highest BCUT2D eigenvalue weighted by molar-refractivity contribution is 5.96. The summed E-state index contributed by atoms with van der Waals surface area (Å²) in [5, 5.41) is 2.04. The van der Waals surface area contributed by atoms with E-state index >= 15 is 0 Å². The van der Waals surface area contributed by atoms with Crippen molar-refractivity contribution < 1.29 is 23.8 Å². The van der Waals surface area contributed by atoms with E-state index in [0.29, 0.717) is 18.4 Å². The van der Waals surface area contributed by atoms with Gasteiger partial charge in [0.15, 0.2) is 0 Å². The predicted octanol–water partition coefficient (Wildman–Crippen LogP) is 7.11. The molecule has 1 aliphatic heterocycles. The SMILES string of the molecule is COC(=O)c1ccc2cccc(CC[C@@H]3OC(=O)[C@H]3COC(c3ccccc3)(c3ccccc3)c3ccccc3)c2c1. The molecule has 0 radical (unpaired) electrons. The first-order valence-corrected chi connectivity index (χ1v) is 14.2. The molecule has 210 valence electrons. The molecule has 2 atom stereocenters. The van der Waals surface area contributed by atoms with Gasteiger partial charge in [0.2, 0.25) is 0 Å². The molecule has 0 saturated carbocycles. The fourth-order valence-corrected chi connectivity index (χ4v) is 5.92. The number of carbonyl (C=O) groups excluding carboxylic acids is 2. The minimum atomic E-state index is -0.899. The second-order valence-corrected chi connectivity index (χ2v) is 10.6. The number of ether oxygens (including phenoxy) is 3. The van der Waals surface area contributed by atoms with Crippen molar-refractivity contribution in [3.8, 4) is 0 Å². The van der Waals surface area contributed by atoms with E-state index in [1.807, 2.05) is 78.9 Å². The smallest absolute Gasteiger partial charge is 0.337 e. The molecule has 0 unspecified atom stereocenters. The molecule has 42 heavy (non-hydrogen) atoms. The highest BCUT2D eigenvalue weighted by Crippen LogP contribution is 2.42. The quantitative estimate of drug-likeness (QED) is 0.136. The van der Waals surface area contributed by atoms with Crippen molar-refractivity contribution in [2.75, 3.05) is 13.7 Å². The molecule has 0 spiro atoms. The number of fused-ring (bicyclic) bond motifs is 1. The van der Waals surface area contributed by atoms with Crippen LogP contribution in [-0.4, -0.2) is 31.8 Å². The van der Waals surface area contributed by atoms with E-state index in [-0.39, 0.29) is 30.6 Å². The van der Waals surface area contributed by atoms with Crippen LogP contribution in [-0.2, 0) is 31.0 Å². The third kappa shape index (κ3) is 5.19. The third-order valence-corrected chi connectivity index (χ3v) is 8.13. The Kier molecular flexibility index (Phi) is 7.85. The van der Waals surface area contributed by atoms with Crippen LogP contribution in [0.2, 0.25) is 0 Å². The Morgan fingerprint density at radius 3 is 1.90 bits per heavy atom. The Balaban J connectivity index is 1.26. The number of carbonyl (C=O) groups is 2. The highest BCUT2D eigenvalue weighted by Gasteiger charge is 2.45. The van der Waals surface area contributed by atoms with Crippen LogP contribution in [0.1, 0.15) is 39.0 Å². The van der Waals surface area contributed by atoms with E-state index in [1.165, 1.54) is 7.11 Å². The average molecular weight is 557 g/mol. The highest BCUT2D eigenvalue weighted by atomic mass is 16.6. The zero-order valence-electron chi connectivity index (χ0n) is 23.4. The summed E-state index contributed by atoms with van der Waals surface area (Å²) in [5.41, 5.74) is 3.67. The minimum absolute atomic E-state index is 0.213. The molecule has 1 fully saturated rings. The van der Waals surface area contributed by atoms with Gasteiger partial charge >= 0.3 is 11.9 Å². The average Bonchev–Trinajstić information content (AvgIpc) is 3.05. The number of benzene rings is 5. The lowest BCUT2D eigenvalue weighted by molar-refractivity contribution is -0.194. The largest absolute Gasteiger partial charge is 0.465 e. The fraction of sp³-hybridized carbons (Fsp3) is 0.189. The Morgan fingerprint density at radius 1 is 0.762 bits per heavy atom. The molecule has 6 rings (SSSR count). The van der Waals surface area contributed by atoms with Gasteiger partial charge in [-0.1, -0.05) is 115 Å². The van der Waals surface area contributed by atoms with Gasteiger partial charge in [0.1, 0.15) is 17.6 Å². The van der Waals surface area contributed by atoms with Crippen LogP contribution in [0.4, 0.5) is 0 Å². The monoisotopic (exact) mass is 556 g/mol. The maximum absolute atomic E-state index is 12.8. The zero-order valence-corrected chi connectivity index (χ0v) is 23.4. The number of rotatable bonds is 10. The molecule has 1 saturated heterocycles. The minimum Gasteiger partial charge on any atom is -0.465 e. The van der Waals surface area contributed by atoms with Crippen molar-refractivity contribution in [2.24, 2.45) is 5.92 Å². The van der Waals surface area contributed by atoms with Crippen molar-refractivity contribution in [1.82, 2.24) is 0 Å². The second-order valence-electron chi connectivity index (χ2n) is 10.6. The lowest BCUT2D eigenvalue weighted by atomic mass is 9.79. The van der Waals surface area contributed by atoms with Crippen LogP contribution in [0.3, 0.4) is 0 Å². The third-order valence-electron chi connectivity index (χ3n) is 8.13. The van der Waals surface area contributed by atoms with Crippen LogP contribution >= 0.6 is 0 Å². The van der Waals surface area contributed by atoms with Gasteiger partial charge in [-0.05, 0) is 58.0 Å². The first-order chi connectivity index (χ1) is 20.6. The molecule has 5 aromatic rings. The van der Waals surface area contributed by atoms with Crippen molar-refractivity contribution in [2.45, 2.75) is 24.5 Å². The van der Waals surface area contributed by atoms with E-state index in [2.05, 4.69) is 42.5 Å². The molecule has 0 aliphatic carbocycles. The van der Waals surface area contributed by atoms with Crippen molar-refractivity contribution in [3.63, 3.8) is 0 Å². The fourth-order valence-electron chi connectivity index (χ4n) is 5.92. The maximum atomic E-state index is 12.8. The summed E-state index contributed by atoms with van der Waals surface area (Å²) in [5.74, 6) is -0.995. The van der Waals surface area contributed by atoms with Gasteiger partial charge < -0.3 is 14.2 Å². The molecular weight excluding hydrogens is 524 g/mol. The second kappa shape index (κ2) is 12.0. The van der Waals surface area contributed by atoms with Gasteiger partial charge in [0.25, 0.3) is 0 Å². The van der Waals surface area contributed by atoms with Gasteiger partial charge in [-0.2, -0.15) is 0 Å². The summed E-state index contributed by atoms with van der Waals surface area (Å²) in [6.45, 7) is 0.213. The van der Waals surface area contributed by atoms with Crippen molar-refractivity contribution in [1.29, 1.82) is 0 Å². The number of aryl methyl sites for hydroxylation is 1. The van der Waals surface area contributed by atoms with Crippen LogP contribution in [0, 0.1) is 5.92 Å². The lowest BCUT2D eigenvalue weighted by Crippen LogP contribution is -2.49. The van der Waals surface area contributed by atoms with Gasteiger partial charge in [0, 0.05) is 0 Å². The topological polar surface area (TPSA) is 61.8 Å². The van der Waals surface area contributed by atoms with Crippen LogP contribution in [0.15, 0.2) is 127 Å². The van der Waals surface area contributed by atoms with Gasteiger partial charge in [-0.3, -0.25) is 4.79 Å². The summed E-state index contributed by atoms with van der Waals surface area (Å²) in [6.07, 6.45) is 1.07. The Hall–Kier alpha value is -4.74. The molecule has 1 heterocycles. The van der Waals surface area contributed by atoms with Crippen LogP contribution in [0.5, 0.6) is 0 Å². The molecule has 0 bridgehead atoms. The van der Waals surface area contributed by atoms with E-state index < -0.39 is 5.60 Å². The number of hydrogen-bond acceptors (Lipinski definition) is 5.